The first-order valence-electron chi connectivity index (χ1n) is 9.60. The molecular weight excluding hydrogens is 344 g/mol. The van der Waals surface area contributed by atoms with Crippen molar-refractivity contribution >= 4 is 5.91 Å². The number of aromatic nitrogens is 2. The summed E-state index contributed by atoms with van der Waals surface area (Å²) in [7, 11) is 0. The van der Waals surface area contributed by atoms with Gasteiger partial charge in [-0.3, -0.25) is 9.69 Å². The predicted octanol–water partition coefficient (Wildman–Crippen LogP) is 2.14. The van der Waals surface area contributed by atoms with Gasteiger partial charge in [0.25, 0.3) is 0 Å². The van der Waals surface area contributed by atoms with Crippen LogP contribution in [0.2, 0.25) is 0 Å². The molecule has 1 aromatic carbocycles. The monoisotopic (exact) mass is 372 g/mol. The molecule has 27 heavy (non-hydrogen) atoms. The molecule has 3 rings (SSSR count). The smallest absolute Gasteiger partial charge is 0.247 e. The van der Waals surface area contributed by atoms with E-state index in [0.717, 1.165) is 31.9 Å². The molecule has 2 aromatic rings. The summed E-state index contributed by atoms with van der Waals surface area (Å²) in [6.07, 6.45) is 0.778. The summed E-state index contributed by atoms with van der Waals surface area (Å²) in [5, 5.41) is 11.2. The maximum atomic E-state index is 12.3. The van der Waals surface area contributed by atoms with Crippen LogP contribution in [-0.2, 0) is 16.0 Å². The quantitative estimate of drug-likeness (QED) is 0.765. The van der Waals surface area contributed by atoms with Crippen LogP contribution >= 0.6 is 0 Å². The van der Waals surface area contributed by atoms with Gasteiger partial charge in [0.2, 0.25) is 17.7 Å². The molecule has 0 saturated carbocycles. The molecule has 7 heteroatoms. The van der Waals surface area contributed by atoms with Crippen LogP contribution in [0.15, 0.2) is 34.7 Å². The van der Waals surface area contributed by atoms with Crippen LogP contribution in [0.3, 0.4) is 0 Å². The number of ether oxygens (including phenoxy) is 1. The summed E-state index contributed by atoms with van der Waals surface area (Å²) >= 11 is 0. The first kappa shape index (κ1) is 19.5. The summed E-state index contributed by atoms with van der Waals surface area (Å²) in [6, 6.07) is 9.94. The lowest BCUT2D eigenvalue weighted by atomic mass is 10.0. The molecule has 1 atom stereocenters. The van der Waals surface area contributed by atoms with E-state index in [4.69, 9.17) is 9.15 Å². The maximum Gasteiger partial charge on any atom is 0.247 e. The lowest BCUT2D eigenvalue weighted by Crippen LogP contribution is -2.51. The molecule has 7 nitrogen and oxygen atoms in total. The van der Waals surface area contributed by atoms with Crippen LogP contribution in [0.1, 0.15) is 26.2 Å². The lowest BCUT2D eigenvalue weighted by Gasteiger charge is -2.36. The van der Waals surface area contributed by atoms with Gasteiger partial charge in [-0.05, 0) is 18.1 Å². The Morgan fingerprint density at radius 2 is 1.93 bits per heavy atom. The van der Waals surface area contributed by atoms with Gasteiger partial charge in [-0.15, -0.1) is 10.2 Å². The van der Waals surface area contributed by atoms with E-state index < -0.39 is 0 Å². The molecule has 0 bridgehead atoms. The standard InChI is InChI=1S/C20H28N4O3/c1-15(2)17(24-10-12-26-13-11-24)14-21-18(25)8-9-19-22-23-20(27-19)16-6-4-3-5-7-16/h3-7,15,17H,8-14H2,1-2H3,(H,21,25). The van der Waals surface area contributed by atoms with E-state index in [-0.39, 0.29) is 5.91 Å². The van der Waals surface area contributed by atoms with Gasteiger partial charge in [-0.25, -0.2) is 0 Å². The second-order valence-corrected chi connectivity index (χ2v) is 7.13. The van der Waals surface area contributed by atoms with Gasteiger partial charge < -0.3 is 14.5 Å². The molecule has 146 valence electrons. The van der Waals surface area contributed by atoms with Crippen molar-refractivity contribution in [3.8, 4) is 11.5 Å². The van der Waals surface area contributed by atoms with Gasteiger partial charge in [0.05, 0.1) is 13.2 Å². The minimum absolute atomic E-state index is 0.00775. The average molecular weight is 372 g/mol. The van der Waals surface area contributed by atoms with Crippen LogP contribution in [0.4, 0.5) is 0 Å². The molecular formula is C20H28N4O3. The third-order valence-corrected chi connectivity index (χ3v) is 4.85. The zero-order chi connectivity index (χ0) is 19.1. The molecule has 0 spiro atoms. The molecule has 1 aliphatic heterocycles. The fraction of sp³-hybridized carbons (Fsp3) is 0.550. The van der Waals surface area contributed by atoms with Crippen molar-refractivity contribution in [2.24, 2.45) is 5.92 Å². The highest BCUT2D eigenvalue weighted by Crippen LogP contribution is 2.17. The summed E-state index contributed by atoms with van der Waals surface area (Å²) < 4.78 is 11.1. The van der Waals surface area contributed by atoms with Crippen LogP contribution in [0.25, 0.3) is 11.5 Å². The van der Waals surface area contributed by atoms with E-state index in [9.17, 15) is 4.79 Å². The largest absolute Gasteiger partial charge is 0.421 e. The number of carbonyl (C=O) groups is 1. The fourth-order valence-corrected chi connectivity index (χ4v) is 3.27. The molecule has 0 aliphatic carbocycles. The van der Waals surface area contributed by atoms with Crippen molar-refractivity contribution in [3.05, 3.63) is 36.2 Å². The molecule has 2 heterocycles. The predicted molar refractivity (Wildman–Crippen MR) is 102 cm³/mol. The van der Waals surface area contributed by atoms with Crippen molar-refractivity contribution < 1.29 is 13.9 Å². The molecule has 1 amide bonds. The van der Waals surface area contributed by atoms with Gasteiger partial charge in [0.1, 0.15) is 0 Å². The Bertz CT molecular complexity index is 711. The first-order valence-corrected chi connectivity index (χ1v) is 9.60. The molecule has 1 unspecified atom stereocenters. The van der Waals surface area contributed by atoms with E-state index in [1.165, 1.54) is 0 Å². The van der Waals surface area contributed by atoms with Crippen molar-refractivity contribution in [2.75, 3.05) is 32.8 Å². The van der Waals surface area contributed by atoms with Crippen LogP contribution in [-0.4, -0.2) is 59.9 Å². The minimum atomic E-state index is 0.00775. The highest BCUT2D eigenvalue weighted by molar-refractivity contribution is 5.76. The third kappa shape index (κ3) is 5.61. The van der Waals surface area contributed by atoms with E-state index in [0.29, 0.717) is 43.1 Å². The van der Waals surface area contributed by atoms with Crippen LogP contribution in [0.5, 0.6) is 0 Å². The van der Waals surface area contributed by atoms with Crippen molar-refractivity contribution in [2.45, 2.75) is 32.7 Å². The molecule has 0 radical (unpaired) electrons. The lowest BCUT2D eigenvalue weighted by molar-refractivity contribution is -0.121. The second kappa shape index (κ2) is 9.62. The summed E-state index contributed by atoms with van der Waals surface area (Å²) in [5.74, 6) is 1.44. The highest BCUT2D eigenvalue weighted by Gasteiger charge is 2.24. The zero-order valence-electron chi connectivity index (χ0n) is 16.1. The highest BCUT2D eigenvalue weighted by atomic mass is 16.5. The Balaban J connectivity index is 1.46. The Morgan fingerprint density at radius 3 is 2.63 bits per heavy atom. The molecule has 1 aromatic heterocycles. The van der Waals surface area contributed by atoms with E-state index in [1.54, 1.807) is 0 Å². The van der Waals surface area contributed by atoms with Gasteiger partial charge in [-0.1, -0.05) is 32.0 Å². The summed E-state index contributed by atoms with van der Waals surface area (Å²) in [6.45, 7) is 8.39. The number of nitrogens with zero attached hydrogens (tertiary/aromatic N) is 3. The molecule has 1 fully saturated rings. The topological polar surface area (TPSA) is 80.5 Å². The number of rotatable bonds is 8. The average Bonchev–Trinajstić information content (AvgIpc) is 3.17. The number of nitrogens with one attached hydrogen (secondary N) is 1. The third-order valence-electron chi connectivity index (χ3n) is 4.85. The minimum Gasteiger partial charge on any atom is -0.421 e. The summed E-state index contributed by atoms with van der Waals surface area (Å²) in [5.41, 5.74) is 0.881. The van der Waals surface area contributed by atoms with E-state index in [1.807, 2.05) is 30.3 Å². The fourth-order valence-electron chi connectivity index (χ4n) is 3.27. The van der Waals surface area contributed by atoms with Gasteiger partial charge >= 0.3 is 0 Å². The van der Waals surface area contributed by atoms with Gasteiger partial charge in [0.15, 0.2) is 0 Å². The van der Waals surface area contributed by atoms with Crippen LogP contribution in [0, 0.1) is 5.92 Å². The Morgan fingerprint density at radius 1 is 1.19 bits per heavy atom. The Labute approximate surface area is 160 Å². The molecule has 1 N–H and O–H groups in total. The SMILES string of the molecule is CC(C)C(CNC(=O)CCc1nnc(-c2ccccc2)o1)N1CCOCC1. The van der Waals surface area contributed by atoms with Crippen molar-refractivity contribution in [1.82, 2.24) is 20.4 Å². The number of carbonyl (C=O) groups excluding carboxylic acids is 1. The number of hydrogen-bond donors (Lipinski definition) is 1. The number of aryl methyl sites for hydroxylation is 1. The summed E-state index contributed by atoms with van der Waals surface area (Å²) in [4.78, 5) is 14.7. The number of amides is 1. The van der Waals surface area contributed by atoms with E-state index >= 15 is 0 Å². The molecule has 1 aliphatic rings. The first-order chi connectivity index (χ1) is 13.1. The van der Waals surface area contributed by atoms with E-state index in [2.05, 4.69) is 34.3 Å². The van der Waals surface area contributed by atoms with Crippen molar-refractivity contribution in [3.63, 3.8) is 0 Å². The van der Waals surface area contributed by atoms with Gasteiger partial charge in [-0.2, -0.15) is 0 Å². The van der Waals surface area contributed by atoms with Gasteiger partial charge in [0, 0.05) is 44.1 Å². The normalized spacial score (nSPS) is 16.4. The number of morpholine rings is 1. The number of hydrogen-bond acceptors (Lipinski definition) is 6. The maximum absolute atomic E-state index is 12.3. The number of benzene rings is 1. The van der Waals surface area contributed by atoms with Crippen molar-refractivity contribution in [1.29, 1.82) is 0 Å². The molecule has 1 saturated heterocycles. The Hall–Kier alpha value is -2.25. The van der Waals surface area contributed by atoms with Crippen LogP contribution < -0.4 is 5.32 Å². The zero-order valence-corrected chi connectivity index (χ0v) is 16.1. The second-order valence-electron chi connectivity index (χ2n) is 7.13. The Kier molecular flexibility index (Phi) is 6.95.